The fourth-order valence-electron chi connectivity index (χ4n) is 3.16. The number of ether oxygens (including phenoxy) is 1. The van der Waals surface area contributed by atoms with Crippen LogP contribution in [0.5, 0.6) is 5.75 Å². The highest BCUT2D eigenvalue weighted by Crippen LogP contribution is 2.24. The molecule has 0 spiro atoms. The van der Waals surface area contributed by atoms with E-state index in [4.69, 9.17) is 4.74 Å². The zero-order valence-corrected chi connectivity index (χ0v) is 15.2. The van der Waals surface area contributed by atoms with E-state index in [0.29, 0.717) is 25.4 Å². The standard InChI is InChI=1S/C18H20N4O3S/c1-25-13-6-8-14(9-7-13)26(23,24)22-11-10-19-17(12-22)18-20-15-4-2-3-5-16(15)21-18/h2-9,17,19H,10-12H2,1H3,(H,20,21). The summed E-state index contributed by atoms with van der Waals surface area (Å²) in [6.45, 7) is 1.32. The van der Waals surface area contributed by atoms with E-state index < -0.39 is 10.0 Å². The zero-order chi connectivity index (χ0) is 18.1. The van der Waals surface area contributed by atoms with E-state index in [-0.39, 0.29) is 10.9 Å². The van der Waals surface area contributed by atoms with Crippen LogP contribution in [0.2, 0.25) is 0 Å². The molecule has 1 saturated heterocycles. The van der Waals surface area contributed by atoms with E-state index in [1.807, 2.05) is 24.3 Å². The summed E-state index contributed by atoms with van der Waals surface area (Å²) in [7, 11) is -2.01. The lowest BCUT2D eigenvalue weighted by Crippen LogP contribution is -2.48. The van der Waals surface area contributed by atoms with Gasteiger partial charge >= 0.3 is 0 Å². The number of H-pyrrole nitrogens is 1. The number of para-hydroxylation sites is 2. The number of imidazole rings is 1. The summed E-state index contributed by atoms with van der Waals surface area (Å²) in [6, 6.07) is 14.1. The van der Waals surface area contributed by atoms with Gasteiger partial charge in [-0.25, -0.2) is 13.4 Å². The summed E-state index contributed by atoms with van der Waals surface area (Å²) < 4.78 is 32.5. The fraction of sp³-hybridized carbons (Fsp3) is 0.278. The van der Waals surface area contributed by atoms with Crippen molar-refractivity contribution < 1.29 is 13.2 Å². The SMILES string of the molecule is COc1ccc(S(=O)(=O)N2CCNC(c3nc4ccccc4[nH]3)C2)cc1. The number of aromatic amines is 1. The Morgan fingerprint density at radius 2 is 1.92 bits per heavy atom. The first-order chi connectivity index (χ1) is 12.6. The molecule has 1 aromatic heterocycles. The lowest BCUT2D eigenvalue weighted by atomic mass is 10.2. The van der Waals surface area contributed by atoms with E-state index in [2.05, 4.69) is 15.3 Å². The predicted octanol–water partition coefficient (Wildman–Crippen LogP) is 1.91. The Morgan fingerprint density at radius 1 is 1.15 bits per heavy atom. The molecule has 0 amide bonds. The van der Waals surface area contributed by atoms with Crippen molar-refractivity contribution in [1.29, 1.82) is 0 Å². The van der Waals surface area contributed by atoms with Gasteiger partial charge in [-0.3, -0.25) is 0 Å². The molecule has 1 unspecified atom stereocenters. The number of rotatable bonds is 4. The third kappa shape index (κ3) is 3.07. The second-order valence-corrected chi connectivity index (χ2v) is 8.12. The molecule has 0 saturated carbocycles. The summed E-state index contributed by atoms with van der Waals surface area (Å²) in [5.74, 6) is 1.38. The quantitative estimate of drug-likeness (QED) is 0.730. The molecule has 2 N–H and O–H groups in total. The van der Waals surface area contributed by atoms with Crippen LogP contribution >= 0.6 is 0 Å². The Hall–Kier alpha value is -2.42. The van der Waals surface area contributed by atoms with Crippen molar-refractivity contribution >= 4 is 21.1 Å². The smallest absolute Gasteiger partial charge is 0.243 e. The Balaban J connectivity index is 1.59. The van der Waals surface area contributed by atoms with E-state index in [1.165, 1.54) is 4.31 Å². The molecule has 0 aliphatic carbocycles. The molecule has 1 atom stereocenters. The largest absolute Gasteiger partial charge is 0.497 e. The number of piperazine rings is 1. The van der Waals surface area contributed by atoms with Crippen molar-refractivity contribution in [3.05, 3.63) is 54.4 Å². The Kier molecular flexibility index (Phi) is 4.39. The van der Waals surface area contributed by atoms with E-state index in [9.17, 15) is 8.42 Å². The van der Waals surface area contributed by atoms with Gasteiger partial charge in [0, 0.05) is 19.6 Å². The molecular formula is C18H20N4O3S. The predicted molar refractivity (Wildman–Crippen MR) is 98.6 cm³/mol. The van der Waals surface area contributed by atoms with Crippen LogP contribution in [0.15, 0.2) is 53.4 Å². The third-order valence-corrected chi connectivity index (χ3v) is 6.45. The van der Waals surface area contributed by atoms with Gasteiger partial charge in [0.05, 0.1) is 29.1 Å². The maximum atomic E-state index is 13.0. The van der Waals surface area contributed by atoms with Gasteiger partial charge in [0.15, 0.2) is 0 Å². The van der Waals surface area contributed by atoms with Gasteiger partial charge in [-0.2, -0.15) is 4.31 Å². The summed E-state index contributed by atoms with van der Waals surface area (Å²) in [4.78, 5) is 8.14. The minimum atomic E-state index is -3.56. The first-order valence-electron chi connectivity index (χ1n) is 8.40. The third-order valence-electron chi connectivity index (χ3n) is 4.57. The Labute approximate surface area is 152 Å². The van der Waals surface area contributed by atoms with Crippen LogP contribution in [0, 0.1) is 0 Å². The van der Waals surface area contributed by atoms with Gasteiger partial charge in [0.1, 0.15) is 11.6 Å². The average Bonchev–Trinajstić information content (AvgIpc) is 3.12. The summed E-state index contributed by atoms with van der Waals surface area (Å²) >= 11 is 0. The molecular weight excluding hydrogens is 352 g/mol. The van der Waals surface area contributed by atoms with Crippen LogP contribution < -0.4 is 10.1 Å². The molecule has 1 aliphatic heterocycles. The molecule has 4 rings (SSSR count). The summed E-state index contributed by atoms with van der Waals surface area (Å²) in [5.41, 5.74) is 1.82. The molecule has 26 heavy (non-hydrogen) atoms. The topological polar surface area (TPSA) is 87.3 Å². The maximum absolute atomic E-state index is 13.0. The van der Waals surface area contributed by atoms with Gasteiger partial charge in [-0.15, -0.1) is 0 Å². The van der Waals surface area contributed by atoms with Crippen molar-refractivity contribution in [2.75, 3.05) is 26.7 Å². The van der Waals surface area contributed by atoms with Crippen LogP contribution in [-0.4, -0.2) is 49.4 Å². The second kappa shape index (κ2) is 6.71. The molecule has 0 radical (unpaired) electrons. The minimum absolute atomic E-state index is 0.177. The van der Waals surface area contributed by atoms with Gasteiger partial charge < -0.3 is 15.0 Å². The number of methoxy groups -OCH3 is 1. The van der Waals surface area contributed by atoms with E-state index in [1.54, 1.807) is 31.4 Å². The molecule has 0 bridgehead atoms. The molecule has 136 valence electrons. The van der Waals surface area contributed by atoms with Crippen molar-refractivity contribution in [2.24, 2.45) is 0 Å². The maximum Gasteiger partial charge on any atom is 0.243 e. The number of nitrogens with one attached hydrogen (secondary N) is 2. The zero-order valence-electron chi connectivity index (χ0n) is 14.3. The number of hydrogen-bond acceptors (Lipinski definition) is 5. The number of sulfonamides is 1. The molecule has 1 aliphatic rings. The van der Waals surface area contributed by atoms with Crippen LogP contribution in [0.4, 0.5) is 0 Å². The summed E-state index contributed by atoms with van der Waals surface area (Å²) in [5, 5.41) is 3.35. The molecule has 8 heteroatoms. The molecule has 2 heterocycles. The van der Waals surface area contributed by atoms with Gasteiger partial charge in [-0.05, 0) is 36.4 Å². The van der Waals surface area contributed by atoms with Crippen molar-refractivity contribution in [3.63, 3.8) is 0 Å². The number of aromatic nitrogens is 2. The van der Waals surface area contributed by atoms with Crippen molar-refractivity contribution in [1.82, 2.24) is 19.6 Å². The fourth-order valence-corrected chi connectivity index (χ4v) is 4.61. The van der Waals surface area contributed by atoms with E-state index >= 15 is 0 Å². The monoisotopic (exact) mass is 372 g/mol. The molecule has 1 fully saturated rings. The highest BCUT2D eigenvalue weighted by Gasteiger charge is 2.31. The first kappa shape index (κ1) is 17.0. The minimum Gasteiger partial charge on any atom is -0.497 e. The van der Waals surface area contributed by atoms with Gasteiger partial charge in [0.2, 0.25) is 10.0 Å². The lowest BCUT2D eigenvalue weighted by molar-refractivity contribution is 0.295. The highest BCUT2D eigenvalue weighted by molar-refractivity contribution is 7.89. The van der Waals surface area contributed by atoms with Crippen LogP contribution in [-0.2, 0) is 10.0 Å². The van der Waals surface area contributed by atoms with Crippen LogP contribution in [0.1, 0.15) is 11.9 Å². The number of hydrogen-bond donors (Lipinski definition) is 2. The van der Waals surface area contributed by atoms with Crippen LogP contribution in [0.25, 0.3) is 11.0 Å². The van der Waals surface area contributed by atoms with Crippen LogP contribution in [0.3, 0.4) is 0 Å². The number of nitrogens with zero attached hydrogens (tertiary/aromatic N) is 2. The number of benzene rings is 2. The molecule has 2 aromatic carbocycles. The molecule has 7 nitrogen and oxygen atoms in total. The van der Waals surface area contributed by atoms with Crippen molar-refractivity contribution in [2.45, 2.75) is 10.9 Å². The van der Waals surface area contributed by atoms with Gasteiger partial charge in [-0.1, -0.05) is 12.1 Å². The summed E-state index contributed by atoms with van der Waals surface area (Å²) in [6.07, 6.45) is 0. The van der Waals surface area contributed by atoms with Gasteiger partial charge in [0.25, 0.3) is 0 Å². The Morgan fingerprint density at radius 3 is 2.65 bits per heavy atom. The first-order valence-corrected chi connectivity index (χ1v) is 9.84. The second-order valence-electron chi connectivity index (χ2n) is 6.18. The lowest BCUT2D eigenvalue weighted by Gasteiger charge is -2.32. The number of fused-ring (bicyclic) bond motifs is 1. The highest BCUT2D eigenvalue weighted by atomic mass is 32.2. The normalized spacial score (nSPS) is 18.9. The van der Waals surface area contributed by atoms with Crippen molar-refractivity contribution in [3.8, 4) is 5.75 Å². The Bertz CT molecular complexity index is 981. The van der Waals surface area contributed by atoms with E-state index in [0.717, 1.165) is 16.9 Å². The average molecular weight is 372 g/mol. The molecule has 3 aromatic rings.